The van der Waals surface area contributed by atoms with Crippen molar-refractivity contribution in [3.05, 3.63) is 29.8 Å². The highest BCUT2D eigenvalue weighted by Crippen LogP contribution is 2.32. The van der Waals surface area contributed by atoms with Crippen LogP contribution in [0.2, 0.25) is 0 Å². The molecular weight excluding hydrogens is 214 g/mol. The van der Waals surface area contributed by atoms with E-state index in [0.29, 0.717) is 12.3 Å². The van der Waals surface area contributed by atoms with Crippen LogP contribution in [0, 0.1) is 5.92 Å². The molecule has 1 aromatic carbocycles. The first-order valence-electron chi connectivity index (χ1n) is 6.34. The second-order valence-electron chi connectivity index (χ2n) is 4.87. The molecule has 0 amide bonds. The zero-order chi connectivity index (χ0) is 11.7. The molecule has 1 saturated heterocycles. The number of ether oxygens (including phenoxy) is 1. The maximum Gasteiger partial charge on any atom is 0.170 e. The van der Waals surface area contributed by atoms with Gasteiger partial charge in [0.2, 0.25) is 0 Å². The lowest BCUT2D eigenvalue weighted by Gasteiger charge is -2.33. The molecule has 0 saturated carbocycles. The molecule has 0 aromatic heterocycles. The summed E-state index contributed by atoms with van der Waals surface area (Å²) in [4.78, 5) is 12.0. The molecule has 2 heterocycles. The number of rotatable bonds is 1. The Morgan fingerprint density at radius 3 is 2.76 bits per heavy atom. The normalized spacial score (nSPS) is 25.2. The van der Waals surface area contributed by atoms with Crippen molar-refractivity contribution in [3.63, 3.8) is 0 Å². The zero-order valence-corrected chi connectivity index (χ0v) is 9.82. The maximum atomic E-state index is 12.0. The van der Waals surface area contributed by atoms with Gasteiger partial charge in [-0.25, -0.2) is 0 Å². The standard InChI is InChI=1S/C14H17NO2/c16-12-9-14(10-5-7-15-8-6-10)17-13-4-2-1-3-11(12)13/h1-4,10,14-15H,5-9H2/t14-/m1/s1. The molecule has 0 bridgehead atoms. The molecule has 0 unspecified atom stereocenters. The zero-order valence-electron chi connectivity index (χ0n) is 9.82. The summed E-state index contributed by atoms with van der Waals surface area (Å²) in [5, 5.41) is 3.34. The number of ketones is 1. The molecule has 17 heavy (non-hydrogen) atoms. The van der Waals surface area contributed by atoms with Gasteiger partial charge >= 0.3 is 0 Å². The van der Waals surface area contributed by atoms with Crippen molar-refractivity contribution in [1.82, 2.24) is 5.32 Å². The Morgan fingerprint density at radius 2 is 1.94 bits per heavy atom. The van der Waals surface area contributed by atoms with Crippen molar-refractivity contribution in [2.45, 2.75) is 25.4 Å². The first-order valence-corrected chi connectivity index (χ1v) is 6.34. The molecule has 0 spiro atoms. The smallest absolute Gasteiger partial charge is 0.170 e. The molecule has 3 nitrogen and oxygen atoms in total. The van der Waals surface area contributed by atoms with Crippen molar-refractivity contribution in [2.24, 2.45) is 5.92 Å². The number of carbonyl (C=O) groups is 1. The Kier molecular flexibility index (Phi) is 2.85. The van der Waals surface area contributed by atoms with E-state index in [4.69, 9.17) is 4.74 Å². The molecule has 0 aliphatic carbocycles. The van der Waals surface area contributed by atoms with Crippen LogP contribution in [0.1, 0.15) is 29.6 Å². The number of fused-ring (bicyclic) bond motifs is 1. The fraction of sp³-hybridized carbons (Fsp3) is 0.500. The van der Waals surface area contributed by atoms with Gasteiger partial charge in [-0.15, -0.1) is 0 Å². The predicted molar refractivity (Wildman–Crippen MR) is 65.4 cm³/mol. The van der Waals surface area contributed by atoms with E-state index in [1.165, 1.54) is 0 Å². The van der Waals surface area contributed by atoms with Crippen LogP contribution in [0.15, 0.2) is 24.3 Å². The van der Waals surface area contributed by atoms with Crippen molar-refractivity contribution >= 4 is 5.78 Å². The van der Waals surface area contributed by atoms with Crippen LogP contribution in [-0.2, 0) is 0 Å². The van der Waals surface area contributed by atoms with Crippen LogP contribution in [0.3, 0.4) is 0 Å². The van der Waals surface area contributed by atoms with E-state index in [2.05, 4.69) is 5.32 Å². The molecule has 1 atom stereocenters. The average Bonchev–Trinajstić information content (AvgIpc) is 2.40. The van der Waals surface area contributed by atoms with Crippen LogP contribution < -0.4 is 10.1 Å². The molecule has 2 aliphatic heterocycles. The van der Waals surface area contributed by atoms with Crippen molar-refractivity contribution in [2.75, 3.05) is 13.1 Å². The summed E-state index contributed by atoms with van der Waals surface area (Å²) < 4.78 is 5.99. The Hall–Kier alpha value is -1.35. The topological polar surface area (TPSA) is 38.3 Å². The third-order valence-electron chi connectivity index (χ3n) is 3.76. The number of para-hydroxylation sites is 1. The van der Waals surface area contributed by atoms with E-state index in [9.17, 15) is 4.79 Å². The van der Waals surface area contributed by atoms with Crippen LogP contribution in [0.25, 0.3) is 0 Å². The summed E-state index contributed by atoms with van der Waals surface area (Å²) in [6, 6.07) is 7.58. The minimum absolute atomic E-state index is 0.0829. The fourth-order valence-corrected chi connectivity index (χ4v) is 2.78. The summed E-state index contributed by atoms with van der Waals surface area (Å²) in [6.07, 6.45) is 2.85. The summed E-state index contributed by atoms with van der Waals surface area (Å²) in [5.74, 6) is 1.52. The summed E-state index contributed by atoms with van der Waals surface area (Å²) >= 11 is 0. The fourth-order valence-electron chi connectivity index (χ4n) is 2.78. The Balaban J connectivity index is 1.80. The lowest BCUT2D eigenvalue weighted by Crippen LogP contribution is -2.39. The van der Waals surface area contributed by atoms with E-state index >= 15 is 0 Å². The second-order valence-corrected chi connectivity index (χ2v) is 4.87. The number of hydrogen-bond acceptors (Lipinski definition) is 3. The summed E-state index contributed by atoms with van der Waals surface area (Å²) in [7, 11) is 0. The molecular formula is C14H17NO2. The first-order chi connectivity index (χ1) is 8.34. The predicted octanol–water partition coefficient (Wildman–Crippen LogP) is 2.02. The van der Waals surface area contributed by atoms with Crippen LogP contribution in [0.4, 0.5) is 0 Å². The number of carbonyl (C=O) groups excluding carboxylic acids is 1. The van der Waals surface area contributed by atoms with Gasteiger partial charge in [-0.3, -0.25) is 4.79 Å². The highest BCUT2D eigenvalue weighted by molar-refractivity contribution is 5.99. The maximum absolute atomic E-state index is 12.0. The van der Waals surface area contributed by atoms with Gasteiger partial charge in [0.1, 0.15) is 11.9 Å². The third-order valence-corrected chi connectivity index (χ3v) is 3.76. The Labute approximate surface area is 101 Å². The highest BCUT2D eigenvalue weighted by Gasteiger charge is 2.32. The van der Waals surface area contributed by atoms with Gasteiger partial charge in [-0.1, -0.05) is 12.1 Å². The Morgan fingerprint density at radius 1 is 1.18 bits per heavy atom. The number of piperidine rings is 1. The van der Waals surface area contributed by atoms with Crippen LogP contribution >= 0.6 is 0 Å². The monoisotopic (exact) mass is 231 g/mol. The Bertz CT molecular complexity index is 424. The van der Waals surface area contributed by atoms with Crippen molar-refractivity contribution in [3.8, 4) is 5.75 Å². The molecule has 3 heteroatoms. The first kappa shape index (κ1) is 10.8. The average molecular weight is 231 g/mol. The number of hydrogen-bond donors (Lipinski definition) is 1. The number of Topliss-reactive ketones (excluding diaryl/α,β-unsaturated/α-hetero) is 1. The molecule has 3 rings (SSSR count). The van der Waals surface area contributed by atoms with Crippen molar-refractivity contribution in [1.29, 1.82) is 0 Å². The SMILES string of the molecule is O=C1C[C@H](C2CCNCC2)Oc2ccccc21. The molecule has 90 valence electrons. The highest BCUT2D eigenvalue weighted by atomic mass is 16.5. The lowest BCUT2D eigenvalue weighted by molar-refractivity contribution is 0.0670. The number of benzene rings is 1. The van der Waals surface area contributed by atoms with E-state index < -0.39 is 0 Å². The van der Waals surface area contributed by atoms with Gasteiger partial charge in [-0.2, -0.15) is 0 Å². The third kappa shape index (κ3) is 2.07. The van der Waals surface area contributed by atoms with Crippen LogP contribution in [-0.4, -0.2) is 25.0 Å². The lowest BCUT2D eigenvalue weighted by atomic mass is 9.86. The minimum atomic E-state index is 0.0829. The molecule has 1 N–H and O–H groups in total. The van der Waals surface area contributed by atoms with Gasteiger partial charge in [-0.05, 0) is 44.0 Å². The molecule has 0 radical (unpaired) electrons. The van der Waals surface area contributed by atoms with Gasteiger partial charge in [0, 0.05) is 6.42 Å². The van der Waals surface area contributed by atoms with Crippen molar-refractivity contribution < 1.29 is 9.53 Å². The van der Waals surface area contributed by atoms with Gasteiger partial charge in [0.25, 0.3) is 0 Å². The quantitative estimate of drug-likeness (QED) is 0.803. The van der Waals surface area contributed by atoms with E-state index in [-0.39, 0.29) is 11.9 Å². The molecule has 1 aromatic rings. The largest absolute Gasteiger partial charge is 0.489 e. The van der Waals surface area contributed by atoms with Gasteiger partial charge < -0.3 is 10.1 Å². The summed E-state index contributed by atoms with van der Waals surface area (Å²) in [5.41, 5.74) is 0.748. The van der Waals surface area contributed by atoms with E-state index in [1.807, 2.05) is 24.3 Å². The summed E-state index contributed by atoms with van der Waals surface area (Å²) in [6.45, 7) is 2.08. The minimum Gasteiger partial charge on any atom is -0.489 e. The van der Waals surface area contributed by atoms with Gasteiger partial charge in [0.15, 0.2) is 5.78 Å². The molecule has 2 aliphatic rings. The number of nitrogens with one attached hydrogen (secondary N) is 1. The van der Waals surface area contributed by atoms with E-state index in [1.54, 1.807) is 0 Å². The second kappa shape index (κ2) is 4.49. The van der Waals surface area contributed by atoms with E-state index in [0.717, 1.165) is 37.2 Å². The molecule has 1 fully saturated rings. The van der Waals surface area contributed by atoms with Gasteiger partial charge in [0.05, 0.1) is 5.56 Å². The van der Waals surface area contributed by atoms with Crippen LogP contribution in [0.5, 0.6) is 5.75 Å².